The van der Waals surface area contributed by atoms with Crippen molar-refractivity contribution in [1.29, 1.82) is 0 Å². The molecule has 2 heteroatoms. The Hall–Kier alpha value is -0.214. The molecule has 0 aliphatic heterocycles. The van der Waals surface area contributed by atoms with E-state index in [2.05, 4.69) is 0 Å². The van der Waals surface area contributed by atoms with Gasteiger partial charge in [0.05, 0.1) is 0 Å². The van der Waals surface area contributed by atoms with Gasteiger partial charge in [0, 0.05) is 0 Å². The Morgan fingerprint density at radius 1 is 1.00 bits per heavy atom. The summed E-state index contributed by atoms with van der Waals surface area (Å²) in [6.45, 7) is 0. The van der Waals surface area contributed by atoms with Crippen LogP contribution in [0.1, 0.15) is 0 Å². The zero-order chi connectivity index (χ0) is 5.11. The summed E-state index contributed by atoms with van der Waals surface area (Å²) in [5.41, 5.74) is 0. The molecule has 0 saturated heterocycles. The van der Waals surface area contributed by atoms with Gasteiger partial charge in [-0.2, -0.15) is 0 Å². The van der Waals surface area contributed by atoms with E-state index in [-0.39, 0.29) is 30.5 Å². The number of phenols is 1. The third-order valence-electron chi connectivity index (χ3n) is 0.756. The van der Waals surface area contributed by atoms with Crippen molar-refractivity contribution in [2.24, 2.45) is 0 Å². The van der Waals surface area contributed by atoms with E-state index in [1.807, 2.05) is 6.07 Å². The maximum atomic E-state index is 8.63. The van der Waals surface area contributed by atoms with Gasteiger partial charge in [0.1, 0.15) is 5.75 Å². The van der Waals surface area contributed by atoms with Crippen LogP contribution in [-0.4, -0.2) is 28.2 Å². The monoisotopic (exact) mass is 133 g/mol. The van der Waals surface area contributed by atoms with E-state index in [1.165, 1.54) is 0 Å². The Morgan fingerprint density at radius 2 is 1.44 bits per heavy atom. The van der Waals surface area contributed by atoms with E-state index >= 15 is 0 Å². The Bertz CT molecular complexity index is 139. The van der Waals surface area contributed by atoms with E-state index in [9.17, 15) is 0 Å². The Labute approximate surface area is 71.9 Å². The predicted molar refractivity (Wildman–Crippen MR) is 40.3 cm³/mol. The second kappa shape index (κ2) is 5.91. The maximum absolute atomic E-state index is 8.63. The van der Waals surface area contributed by atoms with E-state index in [1.54, 1.807) is 24.3 Å². The van der Waals surface area contributed by atoms with Crippen LogP contribution in [0.5, 0.6) is 5.75 Å². The molecule has 1 aromatic rings. The number of phenolic OH excluding ortho intramolecular Hbond substituents is 1. The average molecular weight is 133 g/mol. The molecule has 1 N–H and O–H groups in total. The summed E-state index contributed by atoms with van der Waals surface area (Å²) in [6.07, 6.45) is 0. The van der Waals surface area contributed by atoms with Crippen LogP contribution in [-0.2, 0) is 0 Å². The summed E-state index contributed by atoms with van der Waals surface area (Å²) >= 11 is 0. The smallest absolute Gasteiger partial charge is 0.508 e. The molecule has 0 spiro atoms. The molecule has 1 aromatic carbocycles. The van der Waals surface area contributed by atoms with Crippen LogP contribution in [0.4, 0.5) is 0 Å². The van der Waals surface area contributed by atoms with Gasteiger partial charge in [0.2, 0.25) is 0 Å². The first-order chi connectivity index (χ1) is 3.39. The third kappa shape index (κ3) is 4.30. The van der Waals surface area contributed by atoms with Gasteiger partial charge in [-0.05, 0) is 12.1 Å². The molecular weight excluding hydrogens is 124 g/mol. The van der Waals surface area contributed by atoms with Crippen LogP contribution in [0.2, 0.25) is 0 Å². The third-order valence-corrected chi connectivity index (χ3v) is 0.756. The Morgan fingerprint density at radius 3 is 1.67 bits per heavy atom. The van der Waals surface area contributed by atoms with Crippen molar-refractivity contribution in [2.75, 3.05) is 0 Å². The van der Waals surface area contributed by atoms with Crippen LogP contribution in [0, 0.1) is 7.43 Å². The summed E-state index contributed by atoms with van der Waals surface area (Å²) in [5, 5.41) is 8.63. The van der Waals surface area contributed by atoms with Crippen molar-refractivity contribution >= 4 is 23.1 Å². The van der Waals surface area contributed by atoms with Gasteiger partial charge in [-0.15, -0.1) is 0 Å². The van der Waals surface area contributed by atoms with Crippen molar-refractivity contribution in [3.05, 3.63) is 37.8 Å². The van der Waals surface area contributed by atoms with Gasteiger partial charge in [-0.25, -0.2) is 0 Å². The fourth-order valence-electron chi connectivity index (χ4n) is 0.428. The predicted octanol–water partition coefficient (Wildman–Crippen LogP) is 1.46. The molecule has 0 aliphatic rings. The summed E-state index contributed by atoms with van der Waals surface area (Å²) in [7, 11) is 0. The zero-order valence-electron chi connectivity index (χ0n) is 5.54. The normalized spacial score (nSPS) is 6.67. The molecule has 0 atom stereocenters. The molecule has 9 heavy (non-hydrogen) atoms. The van der Waals surface area contributed by atoms with Crippen molar-refractivity contribution in [3.63, 3.8) is 0 Å². The van der Waals surface area contributed by atoms with Crippen LogP contribution < -0.4 is 0 Å². The second-order valence-electron chi connectivity index (χ2n) is 1.34. The summed E-state index contributed by atoms with van der Waals surface area (Å²) < 4.78 is 0. The van der Waals surface area contributed by atoms with Crippen molar-refractivity contribution in [2.45, 2.75) is 0 Å². The van der Waals surface area contributed by atoms with Gasteiger partial charge in [0.25, 0.3) is 0 Å². The molecule has 0 unspecified atom stereocenters. The second-order valence-corrected chi connectivity index (χ2v) is 1.34. The number of benzene rings is 1. The van der Waals surface area contributed by atoms with Gasteiger partial charge >= 0.3 is 23.1 Å². The number of aromatic hydroxyl groups is 1. The standard InChI is InChI=1S/C6H6O.CH3.Mg/c7-6-4-2-1-3-5-6;;/h1-5,7H;1H3;/q;-1;+2. The quantitative estimate of drug-likeness (QED) is 0.420. The molecule has 0 saturated carbocycles. The molecule has 0 aliphatic carbocycles. The van der Waals surface area contributed by atoms with Crippen molar-refractivity contribution in [1.82, 2.24) is 0 Å². The number of hydrogen-bond donors (Lipinski definition) is 1. The van der Waals surface area contributed by atoms with Gasteiger partial charge < -0.3 is 12.5 Å². The zero-order valence-corrected chi connectivity index (χ0v) is 6.96. The molecule has 1 nitrogen and oxygen atoms in total. The molecular formula is C7H9MgO+. The van der Waals surface area contributed by atoms with E-state index < -0.39 is 0 Å². The number of para-hydroxylation sites is 1. The van der Waals surface area contributed by atoms with E-state index in [0.717, 1.165) is 0 Å². The van der Waals surface area contributed by atoms with Crippen LogP contribution in [0.25, 0.3) is 0 Å². The molecule has 0 aromatic heterocycles. The Balaban J connectivity index is 0. The molecule has 0 bridgehead atoms. The first-order valence-corrected chi connectivity index (χ1v) is 2.13. The Kier molecular flexibility index (Phi) is 7.60. The van der Waals surface area contributed by atoms with Crippen LogP contribution in [0.15, 0.2) is 30.3 Å². The number of rotatable bonds is 0. The van der Waals surface area contributed by atoms with E-state index in [4.69, 9.17) is 5.11 Å². The first kappa shape index (κ1) is 11.6. The summed E-state index contributed by atoms with van der Waals surface area (Å²) in [4.78, 5) is 0. The number of hydrogen-bond acceptors (Lipinski definition) is 1. The largest absolute Gasteiger partial charge is 2.00 e. The molecule has 0 fully saturated rings. The summed E-state index contributed by atoms with van der Waals surface area (Å²) in [5.74, 6) is 0.322. The van der Waals surface area contributed by atoms with Crippen molar-refractivity contribution < 1.29 is 5.11 Å². The van der Waals surface area contributed by atoms with Crippen LogP contribution >= 0.6 is 0 Å². The SMILES string of the molecule is Oc1ccccc1.[CH3-].[Mg+2]. The molecule has 0 radical (unpaired) electrons. The molecule has 44 valence electrons. The van der Waals surface area contributed by atoms with Crippen molar-refractivity contribution in [3.8, 4) is 5.75 Å². The molecule has 0 heterocycles. The van der Waals surface area contributed by atoms with E-state index in [0.29, 0.717) is 5.75 Å². The molecule has 1 rings (SSSR count). The minimum atomic E-state index is 0. The minimum Gasteiger partial charge on any atom is -0.508 e. The van der Waals surface area contributed by atoms with Crippen LogP contribution in [0.3, 0.4) is 0 Å². The average Bonchev–Trinajstić information content (AvgIpc) is 1.69. The maximum Gasteiger partial charge on any atom is 2.00 e. The topological polar surface area (TPSA) is 20.2 Å². The molecule has 0 amide bonds. The van der Waals surface area contributed by atoms with Gasteiger partial charge in [-0.3, -0.25) is 0 Å². The minimum absolute atomic E-state index is 0. The fraction of sp³-hybridized carbons (Fsp3) is 0. The van der Waals surface area contributed by atoms with Gasteiger partial charge in [-0.1, -0.05) is 18.2 Å². The van der Waals surface area contributed by atoms with Gasteiger partial charge in [0.15, 0.2) is 0 Å². The summed E-state index contributed by atoms with van der Waals surface area (Å²) in [6, 6.07) is 8.71. The first-order valence-electron chi connectivity index (χ1n) is 2.13. The fourth-order valence-corrected chi connectivity index (χ4v) is 0.428.